The molecule has 0 atom stereocenters. The maximum absolute atomic E-state index is 6.80. The SMILES string of the molecule is c1ccc2c(c1)Oc1cc(N(c3ccc(-n4c5ccccc5c5ccccc54)cc3)c3cccc4ccccc34)ccc1N2c1ccc2c(c1)sc1ccccc12. The van der Waals surface area contributed by atoms with Gasteiger partial charge in [0, 0.05) is 59.5 Å². The summed E-state index contributed by atoms with van der Waals surface area (Å²) in [5.74, 6) is 1.63. The fraction of sp³-hybridized carbons (Fsp3) is 0. The molecule has 0 fully saturated rings. The molecule has 0 spiro atoms. The standard InChI is InChI=1S/C52H33N3OS/c1-2-14-39-34(12-1)13-11-21-44(39)53(35-24-26-36(27-25-35)54-45-18-6-3-15-40(45)41-16-4-7-19-46(41)54)37-29-31-48-50(32-37)56-49-22-9-8-20-47(49)55(48)38-28-30-43-42-17-5-10-23-51(42)57-52(43)33-38/h1-33H. The molecular weight excluding hydrogens is 715 g/mol. The Kier molecular flexibility index (Phi) is 7.06. The summed E-state index contributed by atoms with van der Waals surface area (Å²) >= 11 is 1.84. The Morgan fingerprint density at radius 3 is 1.84 bits per heavy atom. The summed E-state index contributed by atoms with van der Waals surface area (Å²) in [6.07, 6.45) is 0. The zero-order valence-electron chi connectivity index (χ0n) is 30.7. The Labute approximate surface area is 333 Å². The van der Waals surface area contributed by atoms with Crippen LogP contribution in [0.25, 0.3) is 58.4 Å². The van der Waals surface area contributed by atoms with Crippen LogP contribution in [-0.2, 0) is 0 Å². The van der Waals surface area contributed by atoms with Crippen molar-refractivity contribution in [1.29, 1.82) is 0 Å². The summed E-state index contributed by atoms with van der Waals surface area (Å²) < 4.78 is 11.7. The third kappa shape index (κ3) is 4.99. The molecule has 57 heavy (non-hydrogen) atoms. The summed E-state index contributed by atoms with van der Waals surface area (Å²) in [6, 6.07) is 71.9. The summed E-state index contributed by atoms with van der Waals surface area (Å²) in [7, 11) is 0. The van der Waals surface area contributed by atoms with Gasteiger partial charge in [0.15, 0.2) is 11.5 Å². The number of thiophene rings is 1. The fourth-order valence-corrected chi connectivity index (χ4v) is 9.94. The molecule has 0 unspecified atom stereocenters. The van der Waals surface area contributed by atoms with Gasteiger partial charge in [-0.25, -0.2) is 0 Å². The Balaban J connectivity index is 1.02. The number of benzene rings is 9. The average molecular weight is 748 g/mol. The van der Waals surface area contributed by atoms with E-state index in [0.717, 1.165) is 51.3 Å². The number of para-hydroxylation sites is 4. The van der Waals surface area contributed by atoms with Crippen molar-refractivity contribution in [3.8, 4) is 17.2 Å². The minimum Gasteiger partial charge on any atom is -0.453 e. The molecule has 0 saturated heterocycles. The van der Waals surface area contributed by atoms with E-state index in [1.165, 1.54) is 52.8 Å². The number of nitrogens with zero attached hydrogens (tertiary/aromatic N) is 3. The van der Waals surface area contributed by atoms with Crippen LogP contribution < -0.4 is 14.5 Å². The molecule has 0 aliphatic carbocycles. The average Bonchev–Trinajstić information content (AvgIpc) is 3.81. The molecule has 1 aliphatic heterocycles. The Morgan fingerprint density at radius 1 is 0.404 bits per heavy atom. The highest BCUT2D eigenvalue weighted by Gasteiger charge is 2.28. The molecule has 0 saturated carbocycles. The van der Waals surface area contributed by atoms with Crippen molar-refractivity contribution < 1.29 is 4.74 Å². The molecule has 5 heteroatoms. The number of aromatic nitrogens is 1. The maximum Gasteiger partial charge on any atom is 0.153 e. The number of ether oxygens (including phenoxy) is 1. The molecule has 4 nitrogen and oxygen atoms in total. The van der Waals surface area contributed by atoms with Crippen LogP contribution in [0.1, 0.15) is 0 Å². The number of hydrogen-bond donors (Lipinski definition) is 0. The van der Waals surface area contributed by atoms with Crippen LogP contribution in [0.2, 0.25) is 0 Å². The van der Waals surface area contributed by atoms with Crippen LogP contribution >= 0.6 is 11.3 Å². The predicted molar refractivity (Wildman–Crippen MR) is 241 cm³/mol. The van der Waals surface area contributed by atoms with E-state index in [-0.39, 0.29) is 0 Å². The lowest BCUT2D eigenvalue weighted by molar-refractivity contribution is 0.477. The van der Waals surface area contributed by atoms with Crippen LogP contribution in [-0.4, -0.2) is 4.57 Å². The van der Waals surface area contributed by atoms with Gasteiger partial charge in [-0.3, -0.25) is 0 Å². The van der Waals surface area contributed by atoms with Crippen molar-refractivity contribution in [3.63, 3.8) is 0 Å². The summed E-state index contributed by atoms with van der Waals surface area (Å²) in [6.45, 7) is 0. The second kappa shape index (κ2) is 12.6. The van der Waals surface area contributed by atoms with Crippen molar-refractivity contribution in [1.82, 2.24) is 4.57 Å². The molecule has 12 rings (SSSR count). The van der Waals surface area contributed by atoms with Crippen LogP contribution in [0.3, 0.4) is 0 Å². The first-order valence-corrected chi connectivity index (χ1v) is 20.1. The lowest BCUT2D eigenvalue weighted by Gasteiger charge is -2.34. The molecule has 0 amide bonds. The maximum atomic E-state index is 6.80. The number of anilines is 6. The Morgan fingerprint density at radius 2 is 1.02 bits per heavy atom. The van der Waals surface area contributed by atoms with E-state index in [2.05, 4.69) is 208 Å². The summed E-state index contributed by atoms with van der Waals surface area (Å²) in [5, 5.41) is 7.45. The first kappa shape index (κ1) is 32.0. The van der Waals surface area contributed by atoms with E-state index in [1.54, 1.807) is 0 Å². The minimum absolute atomic E-state index is 0.801. The zero-order valence-corrected chi connectivity index (χ0v) is 31.5. The van der Waals surface area contributed by atoms with Crippen LogP contribution in [0.15, 0.2) is 200 Å². The van der Waals surface area contributed by atoms with E-state index >= 15 is 0 Å². The number of rotatable bonds is 5. The van der Waals surface area contributed by atoms with Gasteiger partial charge in [-0.05, 0) is 90.3 Å². The van der Waals surface area contributed by atoms with Crippen LogP contribution in [0.4, 0.5) is 34.1 Å². The molecule has 3 heterocycles. The third-order valence-electron chi connectivity index (χ3n) is 11.3. The molecule has 11 aromatic rings. The van der Waals surface area contributed by atoms with E-state index in [0.29, 0.717) is 0 Å². The van der Waals surface area contributed by atoms with Crippen LogP contribution in [0, 0.1) is 0 Å². The quantitative estimate of drug-likeness (QED) is 0.175. The Bertz CT molecular complexity index is 3300. The van der Waals surface area contributed by atoms with E-state index < -0.39 is 0 Å². The molecule has 0 N–H and O–H groups in total. The monoisotopic (exact) mass is 747 g/mol. The van der Waals surface area contributed by atoms with Crippen molar-refractivity contribution in [2.24, 2.45) is 0 Å². The predicted octanol–water partition coefficient (Wildman–Crippen LogP) is 15.4. The second-order valence-corrected chi connectivity index (χ2v) is 15.6. The van der Waals surface area contributed by atoms with Gasteiger partial charge in [0.2, 0.25) is 0 Å². The molecule has 2 aromatic heterocycles. The highest BCUT2D eigenvalue weighted by molar-refractivity contribution is 7.25. The largest absolute Gasteiger partial charge is 0.453 e. The van der Waals surface area contributed by atoms with Crippen molar-refractivity contribution in [3.05, 3.63) is 200 Å². The van der Waals surface area contributed by atoms with Crippen LogP contribution in [0.5, 0.6) is 11.5 Å². The van der Waals surface area contributed by atoms with Gasteiger partial charge in [-0.2, -0.15) is 0 Å². The third-order valence-corrected chi connectivity index (χ3v) is 12.5. The highest BCUT2D eigenvalue weighted by atomic mass is 32.1. The van der Waals surface area contributed by atoms with E-state index in [4.69, 9.17) is 4.74 Å². The molecule has 0 radical (unpaired) electrons. The van der Waals surface area contributed by atoms with Gasteiger partial charge < -0.3 is 19.1 Å². The molecule has 1 aliphatic rings. The van der Waals surface area contributed by atoms with Crippen molar-refractivity contribution in [2.75, 3.05) is 9.80 Å². The normalized spacial score (nSPS) is 12.3. The number of fused-ring (bicyclic) bond motifs is 9. The molecule has 9 aromatic carbocycles. The minimum atomic E-state index is 0.801. The van der Waals surface area contributed by atoms with E-state index in [9.17, 15) is 0 Å². The Hall–Kier alpha value is -7.34. The smallest absolute Gasteiger partial charge is 0.153 e. The molecule has 0 bridgehead atoms. The second-order valence-electron chi connectivity index (χ2n) is 14.6. The first-order valence-electron chi connectivity index (χ1n) is 19.3. The number of hydrogen-bond acceptors (Lipinski definition) is 4. The molecule has 268 valence electrons. The topological polar surface area (TPSA) is 20.6 Å². The zero-order chi connectivity index (χ0) is 37.5. The van der Waals surface area contributed by atoms with Gasteiger partial charge in [0.1, 0.15) is 0 Å². The highest BCUT2D eigenvalue weighted by Crippen LogP contribution is 2.53. The van der Waals surface area contributed by atoms with Gasteiger partial charge >= 0.3 is 0 Å². The van der Waals surface area contributed by atoms with Gasteiger partial charge in [-0.15, -0.1) is 11.3 Å². The lowest BCUT2D eigenvalue weighted by atomic mass is 10.1. The van der Waals surface area contributed by atoms with Gasteiger partial charge in [0.05, 0.1) is 33.8 Å². The van der Waals surface area contributed by atoms with Crippen molar-refractivity contribution >= 4 is 98.2 Å². The lowest BCUT2D eigenvalue weighted by Crippen LogP contribution is -2.17. The van der Waals surface area contributed by atoms with Crippen molar-refractivity contribution in [2.45, 2.75) is 0 Å². The van der Waals surface area contributed by atoms with Gasteiger partial charge in [0.25, 0.3) is 0 Å². The summed E-state index contributed by atoms with van der Waals surface area (Å²) in [4.78, 5) is 4.69. The van der Waals surface area contributed by atoms with E-state index in [1.807, 2.05) is 17.4 Å². The van der Waals surface area contributed by atoms with Gasteiger partial charge in [-0.1, -0.05) is 109 Å². The molecular formula is C52H33N3OS. The summed E-state index contributed by atoms with van der Waals surface area (Å²) in [5.41, 5.74) is 9.79. The fourth-order valence-electron chi connectivity index (χ4n) is 8.80. The first-order chi connectivity index (χ1) is 28.3.